The summed E-state index contributed by atoms with van der Waals surface area (Å²) in [5, 5.41) is 19.6. The second-order valence-electron chi connectivity index (χ2n) is 7.23. The average Bonchev–Trinajstić information content (AvgIpc) is 2.76. The molecule has 0 saturated heterocycles. The number of carboxylic acid groups (broad SMARTS) is 1. The lowest BCUT2D eigenvalue weighted by Crippen LogP contribution is -2.04. The van der Waals surface area contributed by atoms with Crippen molar-refractivity contribution in [2.45, 2.75) is 13.8 Å². The first kappa shape index (κ1) is 24.1. The monoisotopic (exact) mass is 462 g/mol. The van der Waals surface area contributed by atoms with Gasteiger partial charge in [-0.2, -0.15) is 0 Å². The molecule has 0 radical (unpaired) electrons. The predicted molar refractivity (Wildman–Crippen MR) is 125 cm³/mol. The normalized spacial score (nSPS) is 10.7. The number of benzene rings is 3. The van der Waals surface area contributed by atoms with Crippen LogP contribution < -0.4 is 14.2 Å². The first-order chi connectivity index (χ1) is 16.2. The predicted octanol–water partition coefficient (Wildman–Crippen LogP) is 4.79. The lowest BCUT2D eigenvalue weighted by atomic mass is 9.97. The number of carbonyl (C=O) groups is 3. The van der Waals surface area contributed by atoms with Gasteiger partial charge in [0, 0.05) is 25.5 Å². The van der Waals surface area contributed by atoms with Gasteiger partial charge in [0.05, 0.1) is 12.7 Å². The zero-order chi connectivity index (χ0) is 24.8. The third-order valence-corrected chi connectivity index (χ3v) is 4.66. The summed E-state index contributed by atoms with van der Waals surface area (Å²) in [5.41, 5.74) is 2.23. The van der Waals surface area contributed by atoms with E-state index in [2.05, 4.69) is 0 Å². The fraction of sp³-hybridized carbons (Fsp3) is 0.115. The smallest absolute Gasteiger partial charge is 0.336 e. The molecule has 174 valence electrons. The molecule has 0 fully saturated rings. The van der Waals surface area contributed by atoms with Crippen LogP contribution in [0.4, 0.5) is 0 Å². The highest BCUT2D eigenvalue weighted by Crippen LogP contribution is 2.40. The van der Waals surface area contributed by atoms with Crippen LogP contribution in [0.2, 0.25) is 0 Å². The molecule has 8 nitrogen and oxygen atoms in total. The Kier molecular flexibility index (Phi) is 7.33. The molecular formula is C26H22O8. The minimum absolute atomic E-state index is 0.00164. The highest BCUT2D eigenvalue weighted by atomic mass is 16.5. The number of rotatable bonds is 7. The highest BCUT2D eigenvalue weighted by Gasteiger charge is 2.19. The van der Waals surface area contributed by atoms with Gasteiger partial charge in [-0.25, -0.2) is 4.79 Å². The summed E-state index contributed by atoms with van der Waals surface area (Å²) >= 11 is 0. The Morgan fingerprint density at radius 1 is 0.794 bits per heavy atom. The zero-order valence-corrected chi connectivity index (χ0v) is 18.7. The number of carboxylic acids is 1. The van der Waals surface area contributed by atoms with Gasteiger partial charge >= 0.3 is 17.9 Å². The molecule has 0 aliphatic heterocycles. The minimum Gasteiger partial charge on any atom is -0.504 e. The Balaban J connectivity index is 1.93. The van der Waals surface area contributed by atoms with Gasteiger partial charge in [-0.3, -0.25) is 9.59 Å². The van der Waals surface area contributed by atoms with E-state index in [0.29, 0.717) is 11.1 Å². The molecule has 0 spiro atoms. The number of aromatic hydroxyl groups is 1. The first-order valence-corrected chi connectivity index (χ1v) is 10.1. The van der Waals surface area contributed by atoms with Crippen LogP contribution in [0.25, 0.3) is 23.3 Å². The van der Waals surface area contributed by atoms with E-state index in [1.54, 1.807) is 48.6 Å². The number of phenols is 1. The number of esters is 2. The summed E-state index contributed by atoms with van der Waals surface area (Å²) in [4.78, 5) is 34.3. The van der Waals surface area contributed by atoms with Crippen molar-refractivity contribution in [1.82, 2.24) is 0 Å². The minimum atomic E-state index is -1.14. The van der Waals surface area contributed by atoms with Gasteiger partial charge in [-0.1, -0.05) is 36.4 Å². The largest absolute Gasteiger partial charge is 0.504 e. The number of methoxy groups -OCH3 is 1. The number of hydrogen-bond donors (Lipinski definition) is 2. The van der Waals surface area contributed by atoms with Crippen molar-refractivity contribution in [3.05, 3.63) is 71.3 Å². The molecule has 0 aliphatic carbocycles. The molecule has 2 N–H and O–H groups in total. The molecule has 3 rings (SSSR count). The van der Waals surface area contributed by atoms with Crippen LogP contribution >= 0.6 is 0 Å². The molecule has 0 heterocycles. The average molecular weight is 462 g/mol. The van der Waals surface area contributed by atoms with Crippen molar-refractivity contribution in [3.63, 3.8) is 0 Å². The molecule has 0 bridgehead atoms. The van der Waals surface area contributed by atoms with Crippen molar-refractivity contribution >= 4 is 30.1 Å². The van der Waals surface area contributed by atoms with Crippen molar-refractivity contribution < 1.29 is 38.8 Å². The maximum Gasteiger partial charge on any atom is 0.336 e. The van der Waals surface area contributed by atoms with E-state index < -0.39 is 17.9 Å². The van der Waals surface area contributed by atoms with Gasteiger partial charge in [-0.15, -0.1) is 0 Å². The van der Waals surface area contributed by atoms with Crippen molar-refractivity contribution in [1.29, 1.82) is 0 Å². The lowest BCUT2D eigenvalue weighted by molar-refractivity contribution is -0.132. The van der Waals surface area contributed by atoms with Crippen LogP contribution in [0.1, 0.15) is 35.3 Å². The summed E-state index contributed by atoms with van der Waals surface area (Å²) in [6.07, 6.45) is 3.53. The van der Waals surface area contributed by atoms with Gasteiger partial charge in [0.1, 0.15) is 11.5 Å². The van der Waals surface area contributed by atoms with E-state index in [1.165, 1.54) is 39.2 Å². The molecule has 0 unspecified atom stereocenters. The number of carbonyl (C=O) groups excluding carboxylic acids is 2. The molecule has 0 amide bonds. The van der Waals surface area contributed by atoms with Gasteiger partial charge in [0.25, 0.3) is 0 Å². The third kappa shape index (κ3) is 5.80. The van der Waals surface area contributed by atoms with E-state index in [1.807, 2.05) is 0 Å². The number of aromatic carboxylic acids is 1. The molecule has 8 heteroatoms. The van der Waals surface area contributed by atoms with Gasteiger partial charge in [-0.05, 0) is 41.0 Å². The quantitative estimate of drug-likeness (QED) is 0.292. The zero-order valence-electron chi connectivity index (χ0n) is 18.7. The van der Waals surface area contributed by atoms with Gasteiger partial charge in [0.15, 0.2) is 11.5 Å². The Labute approximate surface area is 195 Å². The summed E-state index contributed by atoms with van der Waals surface area (Å²) in [6, 6.07) is 14.2. The van der Waals surface area contributed by atoms with E-state index in [4.69, 9.17) is 14.2 Å². The van der Waals surface area contributed by atoms with E-state index in [9.17, 15) is 24.6 Å². The van der Waals surface area contributed by atoms with Crippen molar-refractivity contribution in [2.24, 2.45) is 0 Å². The number of ether oxygens (including phenoxy) is 3. The van der Waals surface area contributed by atoms with Crippen LogP contribution in [0, 0.1) is 0 Å². The van der Waals surface area contributed by atoms with Crippen LogP contribution in [0.5, 0.6) is 23.0 Å². The summed E-state index contributed by atoms with van der Waals surface area (Å²) < 4.78 is 15.5. The van der Waals surface area contributed by atoms with E-state index >= 15 is 0 Å². The molecule has 0 saturated carbocycles. The van der Waals surface area contributed by atoms with Gasteiger partial charge in [0.2, 0.25) is 0 Å². The SMILES string of the molecule is COc1c(O)ccc(C(=O)O)c1-c1ccc(/C=C/c2cc(OC(C)=O)cc(OC(C)=O)c2)cc1. The Morgan fingerprint density at radius 2 is 1.35 bits per heavy atom. The summed E-state index contributed by atoms with van der Waals surface area (Å²) in [7, 11) is 1.36. The topological polar surface area (TPSA) is 119 Å². The number of hydrogen-bond acceptors (Lipinski definition) is 7. The van der Waals surface area contributed by atoms with E-state index in [-0.39, 0.29) is 34.1 Å². The molecule has 3 aromatic rings. The summed E-state index contributed by atoms with van der Waals surface area (Å²) in [6.45, 7) is 2.54. The highest BCUT2D eigenvalue weighted by molar-refractivity contribution is 5.99. The van der Waals surface area contributed by atoms with Crippen LogP contribution in [-0.2, 0) is 9.59 Å². The molecule has 0 atom stereocenters. The van der Waals surface area contributed by atoms with Gasteiger partial charge < -0.3 is 24.4 Å². The standard InChI is InChI=1S/C26H22O8/c1-15(27)33-20-12-18(13-21(14-20)34-16(2)28)5-4-17-6-8-19(9-7-17)24-22(26(30)31)10-11-23(29)25(24)32-3/h4-14,29H,1-3H3,(H,30,31)/b5-4+. The Bertz CT molecular complexity index is 1240. The Hall–Kier alpha value is -4.59. The van der Waals surface area contributed by atoms with Crippen LogP contribution in [0.15, 0.2) is 54.6 Å². The maximum atomic E-state index is 11.7. The maximum absolute atomic E-state index is 11.7. The number of phenolic OH excluding ortho intramolecular Hbond substituents is 1. The fourth-order valence-electron chi connectivity index (χ4n) is 3.34. The van der Waals surface area contributed by atoms with Crippen molar-refractivity contribution in [3.8, 4) is 34.1 Å². The second-order valence-corrected chi connectivity index (χ2v) is 7.23. The summed E-state index contributed by atoms with van der Waals surface area (Å²) in [5.74, 6) is -1.78. The molecule has 0 aromatic heterocycles. The first-order valence-electron chi connectivity index (χ1n) is 10.1. The molecule has 34 heavy (non-hydrogen) atoms. The second kappa shape index (κ2) is 10.4. The molecular weight excluding hydrogens is 440 g/mol. The van der Waals surface area contributed by atoms with Crippen molar-refractivity contribution in [2.75, 3.05) is 7.11 Å². The van der Waals surface area contributed by atoms with E-state index in [0.717, 1.165) is 5.56 Å². The van der Waals surface area contributed by atoms with Crippen LogP contribution in [0.3, 0.4) is 0 Å². The third-order valence-electron chi connectivity index (χ3n) is 4.66. The Morgan fingerprint density at radius 3 is 1.85 bits per heavy atom. The van der Waals surface area contributed by atoms with Crippen LogP contribution in [-0.4, -0.2) is 35.2 Å². The molecule has 0 aliphatic rings. The lowest BCUT2D eigenvalue weighted by Gasteiger charge is -2.13. The molecule has 3 aromatic carbocycles. The fourth-order valence-corrected chi connectivity index (χ4v) is 3.34.